The molecule has 2 unspecified atom stereocenters. The summed E-state index contributed by atoms with van der Waals surface area (Å²) in [6.45, 7) is 8.81. The maximum absolute atomic E-state index is 5.95. The van der Waals surface area contributed by atoms with Crippen LogP contribution in [0.4, 0.5) is 5.69 Å². The van der Waals surface area contributed by atoms with Crippen molar-refractivity contribution in [3.8, 4) is 0 Å². The highest BCUT2D eigenvalue weighted by atomic mass is 15.3. The Morgan fingerprint density at radius 1 is 1.25 bits per heavy atom. The number of nitrogens with zero attached hydrogens (tertiary/aromatic N) is 2. The molecule has 110 valence electrons. The van der Waals surface area contributed by atoms with Gasteiger partial charge in [-0.2, -0.15) is 0 Å². The SMILES string of the molecule is Cc1ccc(CN)c(N2CC3CCCCN3CC2C)c1. The molecule has 2 atom stereocenters. The van der Waals surface area contributed by atoms with E-state index in [-0.39, 0.29) is 0 Å². The van der Waals surface area contributed by atoms with Crippen molar-refractivity contribution >= 4 is 5.69 Å². The molecule has 0 spiro atoms. The van der Waals surface area contributed by atoms with Crippen LogP contribution in [-0.4, -0.2) is 36.6 Å². The molecule has 0 saturated carbocycles. The Morgan fingerprint density at radius 2 is 2.10 bits per heavy atom. The van der Waals surface area contributed by atoms with Gasteiger partial charge in [-0.25, -0.2) is 0 Å². The maximum atomic E-state index is 5.95. The summed E-state index contributed by atoms with van der Waals surface area (Å²) >= 11 is 0. The Bertz CT molecular complexity index is 471. The molecular weight excluding hydrogens is 246 g/mol. The lowest BCUT2D eigenvalue weighted by Gasteiger charge is -2.49. The van der Waals surface area contributed by atoms with Gasteiger partial charge in [0.05, 0.1) is 0 Å². The molecule has 0 amide bonds. The second-order valence-electron chi connectivity index (χ2n) is 6.48. The van der Waals surface area contributed by atoms with Crippen LogP contribution < -0.4 is 10.6 Å². The molecule has 20 heavy (non-hydrogen) atoms. The molecule has 1 aromatic rings. The first kappa shape index (κ1) is 13.9. The van der Waals surface area contributed by atoms with Crippen molar-refractivity contribution in [2.75, 3.05) is 24.5 Å². The molecule has 2 fully saturated rings. The number of aryl methyl sites for hydroxylation is 1. The highest BCUT2D eigenvalue weighted by Crippen LogP contribution is 2.30. The van der Waals surface area contributed by atoms with E-state index in [1.807, 2.05) is 0 Å². The van der Waals surface area contributed by atoms with Gasteiger partial charge in [-0.05, 0) is 50.4 Å². The van der Waals surface area contributed by atoms with Crippen LogP contribution in [0.15, 0.2) is 18.2 Å². The fraction of sp³-hybridized carbons (Fsp3) is 0.647. The molecule has 2 saturated heterocycles. The van der Waals surface area contributed by atoms with Crippen LogP contribution in [0.25, 0.3) is 0 Å². The first-order valence-electron chi connectivity index (χ1n) is 7.99. The van der Waals surface area contributed by atoms with E-state index in [2.05, 4.69) is 41.8 Å². The first-order valence-corrected chi connectivity index (χ1v) is 7.99. The van der Waals surface area contributed by atoms with Gasteiger partial charge >= 0.3 is 0 Å². The standard InChI is InChI=1S/C17H27N3/c1-13-6-7-15(10-18)17(9-13)20-12-16-5-3-4-8-19(16)11-14(20)2/h6-7,9,14,16H,3-5,8,10-12,18H2,1-2H3. The zero-order chi connectivity index (χ0) is 14.1. The molecule has 2 aliphatic heterocycles. The smallest absolute Gasteiger partial charge is 0.0417 e. The summed E-state index contributed by atoms with van der Waals surface area (Å²) in [4.78, 5) is 5.30. The van der Waals surface area contributed by atoms with Crippen LogP contribution in [0.2, 0.25) is 0 Å². The summed E-state index contributed by atoms with van der Waals surface area (Å²) in [5, 5.41) is 0. The Kier molecular flexibility index (Phi) is 3.99. The van der Waals surface area contributed by atoms with Crippen LogP contribution in [0.1, 0.15) is 37.3 Å². The van der Waals surface area contributed by atoms with E-state index in [1.54, 1.807) is 0 Å². The lowest BCUT2D eigenvalue weighted by molar-refractivity contribution is 0.115. The van der Waals surface area contributed by atoms with Crippen molar-refractivity contribution < 1.29 is 0 Å². The second-order valence-corrected chi connectivity index (χ2v) is 6.48. The molecule has 0 aliphatic carbocycles. The maximum Gasteiger partial charge on any atom is 0.0417 e. The first-order chi connectivity index (χ1) is 9.69. The summed E-state index contributed by atoms with van der Waals surface area (Å²) in [6, 6.07) is 8.01. The van der Waals surface area contributed by atoms with Gasteiger partial charge in [0, 0.05) is 37.4 Å². The van der Waals surface area contributed by atoms with Gasteiger partial charge in [0.25, 0.3) is 0 Å². The van der Waals surface area contributed by atoms with Crippen molar-refractivity contribution in [3.63, 3.8) is 0 Å². The lowest BCUT2D eigenvalue weighted by Crippen LogP contribution is -2.59. The van der Waals surface area contributed by atoms with Gasteiger partial charge in [0.2, 0.25) is 0 Å². The number of benzene rings is 1. The molecule has 1 aromatic carbocycles. The van der Waals surface area contributed by atoms with Gasteiger partial charge in [0.1, 0.15) is 0 Å². The highest BCUT2D eigenvalue weighted by Gasteiger charge is 2.33. The zero-order valence-electron chi connectivity index (χ0n) is 12.8. The average Bonchev–Trinajstić information content (AvgIpc) is 2.46. The zero-order valence-corrected chi connectivity index (χ0v) is 12.8. The molecule has 3 rings (SSSR count). The Balaban J connectivity index is 1.87. The second kappa shape index (κ2) is 5.74. The summed E-state index contributed by atoms with van der Waals surface area (Å²) in [5.41, 5.74) is 9.93. The van der Waals surface area contributed by atoms with Crippen molar-refractivity contribution in [1.82, 2.24) is 4.90 Å². The minimum absolute atomic E-state index is 0.580. The summed E-state index contributed by atoms with van der Waals surface area (Å²) < 4.78 is 0. The van der Waals surface area contributed by atoms with Crippen LogP contribution >= 0.6 is 0 Å². The van der Waals surface area contributed by atoms with Gasteiger partial charge in [-0.1, -0.05) is 18.6 Å². The van der Waals surface area contributed by atoms with E-state index >= 15 is 0 Å². The average molecular weight is 273 g/mol. The summed E-state index contributed by atoms with van der Waals surface area (Å²) in [5.74, 6) is 0. The molecule has 3 nitrogen and oxygen atoms in total. The fourth-order valence-corrected chi connectivity index (χ4v) is 3.80. The molecule has 3 heteroatoms. The van der Waals surface area contributed by atoms with E-state index < -0.39 is 0 Å². The van der Waals surface area contributed by atoms with E-state index in [0.29, 0.717) is 12.6 Å². The van der Waals surface area contributed by atoms with Gasteiger partial charge in [-0.3, -0.25) is 4.90 Å². The number of piperidine rings is 1. The van der Waals surface area contributed by atoms with Crippen LogP contribution in [0.3, 0.4) is 0 Å². The molecule has 0 bridgehead atoms. The predicted molar refractivity (Wildman–Crippen MR) is 85.1 cm³/mol. The Hall–Kier alpha value is -1.06. The molecule has 2 N–H and O–H groups in total. The normalized spacial score (nSPS) is 27.4. The summed E-state index contributed by atoms with van der Waals surface area (Å²) in [6.07, 6.45) is 4.12. The predicted octanol–water partition coefficient (Wildman–Crippen LogP) is 2.52. The third kappa shape index (κ3) is 2.57. The minimum Gasteiger partial charge on any atom is -0.366 e. The van der Waals surface area contributed by atoms with Crippen LogP contribution in [-0.2, 0) is 6.54 Å². The highest BCUT2D eigenvalue weighted by molar-refractivity contribution is 5.56. The van der Waals surface area contributed by atoms with Gasteiger partial charge < -0.3 is 10.6 Å². The number of nitrogens with two attached hydrogens (primary N) is 1. The minimum atomic E-state index is 0.580. The number of rotatable bonds is 2. The van der Waals surface area contributed by atoms with Gasteiger partial charge in [0.15, 0.2) is 0 Å². The van der Waals surface area contributed by atoms with Crippen molar-refractivity contribution in [1.29, 1.82) is 0 Å². The molecule has 2 aliphatic rings. The Morgan fingerprint density at radius 3 is 2.90 bits per heavy atom. The lowest BCUT2D eigenvalue weighted by atomic mass is 9.95. The number of hydrogen-bond acceptors (Lipinski definition) is 3. The van der Waals surface area contributed by atoms with E-state index in [9.17, 15) is 0 Å². The quantitative estimate of drug-likeness (QED) is 0.898. The van der Waals surface area contributed by atoms with Crippen LogP contribution in [0.5, 0.6) is 0 Å². The van der Waals surface area contributed by atoms with E-state index in [1.165, 1.54) is 49.2 Å². The Labute approximate surface area is 122 Å². The third-order valence-electron chi connectivity index (χ3n) is 4.96. The number of hydrogen-bond donors (Lipinski definition) is 1. The molecule has 2 heterocycles. The van der Waals surface area contributed by atoms with E-state index in [0.717, 1.165) is 12.6 Å². The third-order valence-corrected chi connectivity index (χ3v) is 4.96. The number of piperazine rings is 1. The summed E-state index contributed by atoms with van der Waals surface area (Å²) in [7, 11) is 0. The van der Waals surface area contributed by atoms with Crippen LogP contribution in [0, 0.1) is 6.92 Å². The monoisotopic (exact) mass is 273 g/mol. The van der Waals surface area contributed by atoms with E-state index in [4.69, 9.17) is 5.73 Å². The fourth-order valence-electron chi connectivity index (χ4n) is 3.80. The van der Waals surface area contributed by atoms with Crippen molar-refractivity contribution in [3.05, 3.63) is 29.3 Å². The topological polar surface area (TPSA) is 32.5 Å². The number of anilines is 1. The van der Waals surface area contributed by atoms with Crippen molar-refractivity contribution in [2.24, 2.45) is 5.73 Å². The van der Waals surface area contributed by atoms with Gasteiger partial charge in [-0.15, -0.1) is 0 Å². The molecule has 0 aromatic heterocycles. The largest absolute Gasteiger partial charge is 0.366 e. The number of fused-ring (bicyclic) bond motifs is 1. The van der Waals surface area contributed by atoms with Crippen molar-refractivity contribution in [2.45, 2.75) is 51.7 Å². The molecule has 0 radical (unpaired) electrons. The molecular formula is C17H27N3.